The molecule has 0 N–H and O–H groups in total. The summed E-state index contributed by atoms with van der Waals surface area (Å²) in [7, 11) is 0. The van der Waals surface area contributed by atoms with Crippen molar-refractivity contribution >= 4 is 18.4 Å². The molecule has 0 aliphatic heterocycles. The third-order valence-corrected chi connectivity index (χ3v) is 16.0. The van der Waals surface area contributed by atoms with Crippen LogP contribution in [0.4, 0.5) is 0 Å². The second-order valence-corrected chi connectivity index (χ2v) is 17.0. The molecule has 0 spiro atoms. The van der Waals surface area contributed by atoms with Gasteiger partial charge in [-0.05, 0) is 0 Å². The normalized spacial score (nSPS) is 14.2. The van der Waals surface area contributed by atoms with Crippen molar-refractivity contribution in [2.45, 2.75) is 72.6 Å². The van der Waals surface area contributed by atoms with Gasteiger partial charge in [-0.25, -0.2) is 0 Å². The minimum atomic E-state index is -2.70. The Morgan fingerprint density at radius 1 is 1.00 bits per heavy atom. The van der Waals surface area contributed by atoms with E-state index in [1.165, 1.54) is 51.8 Å². The average molecular weight is 320 g/mol. The summed E-state index contributed by atoms with van der Waals surface area (Å²) in [6.07, 6.45) is 7.11. The number of rotatable bonds is 10. The van der Waals surface area contributed by atoms with Gasteiger partial charge < -0.3 is 0 Å². The molecule has 0 unspecified atom stereocenters. The van der Waals surface area contributed by atoms with Gasteiger partial charge in [0.15, 0.2) is 0 Å². The van der Waals surface area contributed by atoms with E-state index in [9.17, 15) is 0 Å². The second-order valence-electron chi connectivity index (χ2n) is 4.72. The van der Waals surface area contributed by atoms with Gasteiger partial charge in [0, 0.05) is 0 Å². The molecule has 0 saturated heterocycles. The van der Waals surface area contributed by atoms with Gasteiger partial charge in [0.05, 0.1) is 0 Å². The molecule has 0 aliphatic carbocycles. The van der Waals surface area contributed by atoms with Crippen LogP contribution in [0.3, 0.4) is 0 Å². The van der Waals surface area contributed by atoms with Crippen LogP contribution in [-0.2, 0) is 0 Å². The molecule has 0 nitrogen and oxygen atoms in total. The second kappa shape index (κ2) is 9.74. The van der Waals surface area contributed by atoms with Crippen molar-refractivity contribution in [1.29, 1.82) is 0 Å². The zero-order valence-corrected chi connectivity index (χ0v) is 13.7. The van der Waals surface area contributed by atoms with Crippen LogP contribution < -0.4 is 0 Å². The Balaban J connectivity index is 5.04. The van der Waals surface area contributed by atoms with Gasteiger partial charge in [-0.3, -0.25) is 0 Å². The maximum absolute atomic E-state index is 8.27. The fraction of sp³-hybridized carbons (Fsp3) is 0.857. The van der Waals surface area contributed by atoms with Gasteiger partial charge in [-0.2, -0.15) is 0 Å². The minimum absolute atomic E-state index is 0.186. The first-order chi connectivity index (χ1) is 8.54. The average Bonchev–Trinajstić information content (AvgIpc) is 2.37. The molecule has 0 radical (unpaired) electrons. The molecule has 0 aromatic rings. The summed E-state index contributed by atoms with van der Waals surface area (Å²) in [6, 6.07) is 0. The van der Waals surface area contributed by atoms with Crippen LogP contribution in [0.15, 0.2) is 10.6 Å². The van der Waals surface area contributed by atoms with Crippen LogP contribution in [0.1, 0.15) is 63.4 Å². The molecular weight excluding hydrogens is 287 g/mol. The quantitative estimate of drug-likeness (QED) is 0.462. The van der Waals surface area contributed by atoms with E-state index in [-0.39, 0.29) is 6.53 Å². The number of unbranched alkanes of at least 4 members (excludes halogenated alkanes) is 3. The van der Waals surface area contributed by atoms with Crippen molar-refractivity contribution in [2.75, 3.05) is 0 Å². The Morgan fingerprint density at radius 3 is 1.67 bits per heavy atom. The molecular formula is C14H30Sn. The molecule has 0 amide bonds. The van der Waals surface area contributed by atoms with E-state index < -0.39 is 18.4 Å². The van der Waals surface area contributed by atoms with Crippen molar-refractivity contribution in [3.63, 3.8) is 0 Å². The van der Waals surface area contributed by atoms with E-state index in [1.807, 2.05) is 0 Å². The van der Waals surface area contributed by atoms with Crippen molar-refractivity contribution < 1.29 is 4.11 Å². The van der Waals surface area contributed by atoms with Crippen molar-refractivity contribution in [2.24, 2.45) is 0 Å². The summed E-state index contributed by atoms with van der Waals surface area (Å²) >= 11 is -2.70. The number of hydrogen-bond donors (Lipinski definition) is 0. The summed E-state index contributed by atoms with van der Waals surface area (Å²) in [4.78, 5) is 0. The molecule has 1 heteroatoms. The van der Waals surface area contributed by atoms with E-state index >= 15 is 0 Å². The Hall–Kier alpha value is 0.539. The third kappa shape index (κ3) is 6.65. The van der Waals surface area contributed by atoms with Crippen LogP contribution in [0.2, 0.25) is 13.3 Å². The zero-order chi connectivity index (χ0) is 14.0. The van der Waals surface area contributed by atoms with Gasteiger partial charge in [0.1, 0.15) is 0 Å². The Labute approximate surface area is 106 Å². The van der Waals surface area contributed by atoms with Crippen LogP contribution in [0.25, 0.3) is 0 Å². The molecule has 0 atom stereocenters. The molecule has 0 fully saturated rings. The van der Waals surface area contributed by atoms with Gasteiger partial charge in [0.25, 0.3) is 0 Å². The first-order valence-electron chi connectivity index (χ1n) is 8.18. The topological polar surface area (TPSA) is 0 Å². The first kappa shape index (κ1) is 10.7. The van der Waals surface area contributed by atoms with Gasteiger partial charge in [0.2, 0.25) is 0 Å². The molecule has 0 saturated carbocycles. The van der Waals surface area contributed by atoms with Crippen molar-refractivity contribution in [3.8, 4) is 0 Å². The van der Waals surface area contributed by atoms with Crippen LogP contribution in [0, 0.1) is 0 Å². The summed E-state index contributed by atoms with van der Waals surface area (Å²) in [5.74, 6) is 0. The summed E-state index contributed by atoms with van der Waals surface area (Å²) < 4.78 is 27.4. The molecule has 0 rings (SSSR count). The van der Waals surface area contributed by atoms with E-state index in [4.69, 9.17) is 4.11 Å². The van der Waals surface area contributed by atoms with Crippen molar-refractivity contribution in [3.05, 3.63) is 10.6 Å². The molecule has 15 heavy (non-hydrogen) atoms. The van der Waals surface area contributed by atoms with E-state index in [0.717, 1.165) is 0 Å². The first-order valence-corrected chi connectivity index (χ1v) is 14.2. The summed E-state index contributed by atoms with van der Waals surface area (Å²) in [6.45, 7) is 6.41. The fourth-order valence-corrected chi connectivity index (χ4v) is 14.1. The number of hydrogen-bond acceptors (Lipinski definition) is 0. The SMILES string of the molecule is [2H]C([2H])=[C]([2H])[Sn]([CH2]CCC)([CH2]CCC)[CH2]CCC. The molecule has 0 aromatic heterocycles. The van der Waals surface area contributed by atoms with Gasteiger partial charge in [-0.15, -0.1) is 0 Å². The zero-order valence-electron chi connectivity index (χ0n) is 13.9. The van der Waals surface area contributed by atoms with E-state index in [2.05, 4.69) is 20.8 Å². The standard InChI is InChI=1S/3C4H9.C2H3.Sn/c3*1-3-4-2;1-2;/h3*1,3-4H2,2H3;1H,2H2;/i;;;1D,2D2;. The monoisotopic (exact) mass is 321 g/mol. The fourth-order valence-electron chi connectivity index (χ4n) is 2.11. The van der Waals surface area contributed by atoms with Crippen LogP contribution >= 0.6 is 0 Å². The molecule has 0 bridgehead atoms. The Morgan fingerprint density at radius 2 is 1.40 bits per heavy atom. The third-order valence-electron chi connectivity index (χ3n) is 3.29. The van der Waals surface area contributed by atoms with E-state index in [0.29, 0.717) is 4.07 Å². The predicted octanol–water partition coefficient (Wildman–Crippen LogP) is 5.56. The molecule has 0 aromatic carbocycles. The summed E-state index contributed by atoms with van der Waals surface area (Å²) in [5, 5.41) is 0. The van der Waals surface area contributed by atoms with E-state index in [1.54, 1.807) is 0 Å². The predicted molar refractivity (Wildman–Crippen MR) is 75.1 cm³/mol. The Kier molecular flexibility index (Phi) is 6.94. The van der Waals surface area contributed by atoms with Gasteiger partial charge in [-0.1, -0.05) is 0 Å². The molecule has 0 heterocycles. The van der Waals surface area contributed by atoms with Gasteiger partial charge >= 0.3 is 106 Å². The molecule has 0 aliphatic rings. The summed E-state index contributed by atoms with van der Waals surface area (Å²) in [5.41, 5.74) is 0. The maximum atomic E-state index is 8.27. The van der Waals surface area contributed by atoms with Crippen molar-refractivity contribution in [1.82, 2.24) is 0 Å². The van der Waals surface area contributed by atoms with Crippen LogP contribution in [0.5, 0.6) is 0 Å². The Bertz CT molecular complexity index is 226. The molecule has 90 valence electrons. The van der Waals surface area contributed by atoms with Crippen LogP contribution in [-0.4, -0.2) is 18.4 Å².